The van der Waals surface area contributed by atoms with Crippen LogP contribution in [0, 0.1) is 19.3 Å². The Morgan fingerprint density at radius 1 is 1.39 bits per heavy atom. The molecule has 1 aliphatic rings. The molecule has 0 spiro atoms. The zero-order chi connectivity index (χ0) is 13.0. The molecule has 1 aliphatic carbocycles. The van der Waals surface area contributed by atoms with Gasteiger partial charge in [0, 0.05) is 4.48 Å². The van der Waals surface area contributed by atoms with Crippen LogP contribution in [0.1, 0.15) is 30.4 Å². The molecule has 0 aromatic heterocycles. The first kappa shape index (κ1) is 13.4. The summed E-state index contributed by atoms with van der Waals surface area (Å²) in [5.41, 5.74) is 3.91. The number of halogens is 1. The van der Waals surface area contributed by atoms with Crippen molar-refractivity contribution in [3.05, 3.63) is 39.9 Å². The number of terminal acetylenes is 1. The minimum absolute atomic E-state index is 0.117. The number of hydrogen-bond acceptors (Lipinski definition) is 1. The quantitative estimate of drug-likeness (QED) is 0.756. The largest absolute Gasteiger partial charge is 0.360 e. The van der Waals surface area contributed by atoms with Crippen LogP contribution in [0.2, 0.25) is 0 Å². The third-order valence-corrected chi connectivity index (χ3v) is 4.22. The molecule has 0 heterocycles. The highest BCUT2D eigenvalue weighted by molar-refractivity contribution is 9.11. The molecule has 0 amide bonds. The van der Waals surface area contributed by atoms with Crippen LogP contribution in [0.15, 0.2) is 28.7 Å². The van der Waals surface area contributed by atoms with Gasteiger partial charge in [0.2, 0.25) is 0 Å². The van der Waals surface area contributed by atoms with Gasteiger partial charge in [0.15, 0.2) is 0 Å². The standard InChI is InChI=1S/C16H17BrO/c1-3-11-18-15-6-4-5-14(16(15)17)13-9-7-12(2)8-10-13/h1,7-10,15H,4-6,11H2,2H3. The van der Waals surface area contributed by atoms with Crippen LogP contribution in [-0.4, -0.2) is 12.7 Å². The van der Waals surface area contributed by atoms with Crippen molar-refractivity contribution in [2.45, 2.75) is 32.3 Å². The number of ether oxygens (including phenoxy) is 1. The van der Waals surface area contributed by atoms with E-state index in [1.165, 1.54) is 16.7 Å². The van der Waals surface area contributed by atoms with E-state index in [4.69, 9.17) is 11.2 Å². The Balaban J connectivity index is 2.25. The Hall–Kier alpha value is -1.04. The highest BCUT2D eigenvalue weighted by atomic mass is 79.9. The lowest BCUT2D eigenvalue weighted by atomic mass is 9.91. The maximum Gasteiger partial charge on any atom is 0.108 e. The van der Waals surface area contributed by atoms with Gasteiger partial charge in [-0.15, -0.1) is 6.42 Å². The Morgan fingerprint density at radius 2 is 2.11 bits per heavy atom. The molecule has 94 valence electrons. The van der Waals surface area contributed by atoms with Gasteiger partial charge in [0.25, 0.3) is 0 Å². The summed E-state index contributed by atoms with van der Waals surface area (Å²) in [6.45, 7) is 2.48. The van der Waals surface area contributed by atoms with Gasteiger partial charge in [-0.05, 0) is 37.3 Å². The maximum atomic E-state index is 5.68. The van der Waals surface area contributed by atoms with Gasteiger partial charge in [-0.3, -0.25) is 0 Å². The van der Waals surface area contributed by atoms with Gasteiger partial charge in [-0.25, -0.2) is 0 Å². The molecular weight excluding hydrogens is 288 g/mol. The molecule has 0 saturated carbocycles. The fourth-order valence-corrected chi connectivity index (χ4v) is 3.04. The first-order chi connectivity index (χ1) is 8.72. The third kappa shape index (κ3) is 3.04. The van der Waals surface area contributed by atoms with Crippen molar-refractivity contribution >= 4 is 21.5 Å². The van der Waals surface area contributed by atoms with Crippen LogP contribution < -0.4 is 0 Å². The molecule has 1 aromatic carbocycles. The molecule has 0 N–H and O–H groups in total. The predicted octanol–water partition coefficient (Wildman–Crippen LogP) is 4.30. The zero-order valence-electron chi connectivity index (χ0n) is 10.6. The van der Waals surface area contributed by atoms with Crippen molar-refractivity contribution in [3.63, 3.8) is 0 Å². The second-order valence-electron chi connectivity index (χ2n) is 4.59. The Bertz CT molecular complexity index is 479. The Labute approximate surface area is 117 Å². The summed E-state index contributed by atoms with van der Waals surface area (Å²) in [5.74, 6) is 2.53. The first-order valence-electron chi connectivity index (χ1n) is 6.23. The summed E-state index contributed by atoms with van der Waals surface area (Å²) in [6.07, 6.45) is 8.65. The second-order valence-corrected chi connectivity index (χ2v) is 5.44. The molecule has 0 saturated heterocycles. The number of benzene rings is 1. The van der Waals surface area contributed by atoms with Crippen molar-refractivity contribution in [1.29, 1.82) is 0 Å². The fourth-order valence-electron chi connectivity index (χ4n) is 2.25. The van der Waals surface area contributed by atoms with E-state index in [0.717, 1.165) is 23.7 Å². The van der Waals surface area contributed by atoms with Gasteiger partial charge >= 0.3 is 0 Å². The maximum absolute atomic E-state index is 5.68. The lowest BCUT2D eigenvalue weighted by Crippen LogP contribution is -2.18. The van der Waals surface area contributed by atoms with Gasteiger partial charge in [0.1, 0.15) is 6.61 Å². The van der Waals surface area contributed by atoms with E-state index < -0.39 is 0 Å². The molecule has 18 heavy (non-hydrogen) atoms. The van der Waals surface area contributed by atoms with E-state index >= 15 is 0 Å². The summed E-state index contributed by atoms with van der Waals surface area (Å²) in [6, 6.07) is 8.65. The van der Waals surface area contributed by atoms with Crippen molar-refractivity contribution in [3.8, 4) is 12.3 Å². The average Bonchev–Trinajstić information content (AvgIpc) is 2.39. The lowest BCUT2D eigenvalue weighted by molar-refractivity contribution is 0.101. The van der Waals surface area contributed by atoms with Gasteiger partial charge in [0.05, 0.1) is 6.10 Å². The number of aryl methyl sites for hydroxylation is 1. The molecule has 0 aliphatic heterocycles. The van der Waals surface area contributed by atoms with Crippen LogP contribution in [0.25, 0.3) is 5.57 Å². The lowest BCUT2D eigenvalue weighted by Gasteiger charge is -2.25. The summed E-state index contributed by atoms with van der Waals surface area (Å²) in [4.78, 5) is 0. The first-order valence-corrected chi connectivity index (χ1v) is 7.02. The molecule has 1 nitrogen and oxygen atoms in total. The molecule has 0 fully saturated rings. The molecule has 1 aromatic rings. The smallest absolute Gasteiger partial charge is 0.108 e. The Morgan fingerprint density at radius 3 is 2.78 bits per heavy atom. The van der Waals surface area contributed by atoms with E-state index in [9.17, 15) is 0 Å². The van der Waals surface area contributed by atoms with E-state index in [2.05, 4.69) is 53.0 Å². The minimum atomic E-state index is 0.117. The summed E-state index contributed by atoms with van der Waals surface area (Å²) < 4.78 is 6.84. The third-order valence-electron chi connectivity index (χ3n) is 3.23. The Kier molecular flexibility index (Phi) is 4.63. The van der Waals surface area contributed by atoms with Crippen LogP contribution in [0.3, 0.4) is 0 Å². The molecule has 1 unspecified atom stereocenters. The minimum Gasteiger partial charge on any atom is -0.360 e. The van der Waals surface area contributed by atoms with Gasteiger partial charge in [-0.1, -0.05) is 51.7 Å². The second kappa shape index (κ2) is 6.22. The average molecular weight is 305 g/mol. The van der Waals surface area contributed by atoms with Crippen LogP contribution >= 0.6 is 15.9 Å². The SMILES string of the molecule is C#CCOC1CCCC(c2ccc(C)cc2)=C1Br. The number of hydrogen-bond donors (Lipinski definition) is 0. The molecule has 2 rings (SSSR count). The van der Waals surface area contributed by atoms with E-state index in [1.54, 1.807) is 0 Å². The van der Waals surface area contributed by atoms with Crippen molar-refractivity contribution < 1.29 is 4.74 Å². The summed E-state index contributed by atoms with van der Waals surface area (Å²) >= 11 is 3.69. The summed E-state index contributed by atoms with van der Waals surface area (Å²) in [7, 11) is 0. The van der Waals surface area contributed by atoms with E-state index in [0.29, 0.717) is 6.61 Å². The van der Waals surface area contributed by atoms with E-state index in [1.807, 2.05) is 0 Å². The monoisotopic (exact) mass is 304 g/mol. The van der Waals surface area contributed by atoms with Crippen molar-refractivity contribution in [2.24, 2.45) is 0 Å². The van der Waals surface area contributed by atoms with Crippen LogP contribution in [-0.2, 0) is 4.74 Å². The highest BCUT2D eigenvalue weighted by Gasteiger charge is 2.22. The number of allylic oxidation sites excluding steroid dienone is 1. The summed E-state index contributed by atoms with van der Waals surface area (Å²) in [5, 5.41) is 0. The fraction of sp³-hybridized carbons (Fsp3) is 0.375. The van der Waals surface area contributed by atoms with Crippen molar-refractivity contribution in [1.82, 2.24) is 0 Å². The van der Waals surface area contributed by atoms with Gasteiger partial charge < -0.3 is 4.74 Å². The molecule has 2 heteroatoms. The zero-order valence-corrected chi connectivity index (χ0v) is 12.2. The molecule has 0 bridgehead atoms. The normalized spacial score (nSPS) is 19.7. The highest BCUT2D eigenvalue weighted by Crippen LogP contribution is 2.37. The van der Waals surface area contributed by atoms with Crippen molar-refractivity contribution in [2.75, 3.05) is 6.61 Å². The predicted molar refractivity (Wildman–Crippen MR) is 79.5 cm³/mol. The molecule has 0 radical (unpaired) electrons. The molecule has 1 atom stereocenters. The molecular formula is C16H17BrO. The van der Waals surface area contributed by atoms with Crippen LogP contribution in [0.4, 0.5) is 0 Å². The number of rotatable bonds is 3. The topological polar surface area (TPSA) is 9.23 Å². The van der Waals surface area contributed by atoms with Crippen LogP contribution in [0.5, 0.6) is 0 Å². The van der Waals surface area contributed by atoms with E-state index in [-0.39, 0.29) is 6.10 Å². The van der Waals surface area contributed by atoms with Gasteiger partial charge in [-0.2, -0.15) is 0 Å².